The van der Waals surface area contributed by atoms with E-state index in [1.807, 2.05) is 24.3 Å². The number of morpholine rings is 1. The molecular weight excluding hydrogens is 354 g/mol. The largest absolute Gasteiger partial charge is 0.379 e. The van der Waals surface area contributed by atoms with Crippen LogP contribution in [0, 0.1) is 5.92 Å². The first-order valence-corrected chi connectivity index (χ1v) is 10.8. The van der Waals surface area contributed by atoms with Gasteiger partial charge in [-0.1, -0.05) is 24.3 Å². The lowest BCUT2D eigenvalue weighted by Gasteiger charge is -2.26. The van der Waals surface area contributed by atoms with Gasteiger partial charge in [-0.25, -0.2) is 8.42 Å². The second-order valence-corrected chi connectivity index (χ2v) is 8.86. The second kappa shape index (κ2) is 8.94. The van der Waals surface area contributed by atoms with Crippen molar-refractivity contribution in [1.29, 1.82) is 0 Å². The van der Waals surface area contributed by atoms with E-state index in [9.17, 15) is 13.2 Å². The van der Waals surface area contributed by atoms with Crippen molar-refractivity contribution in [1.82, 2.24) is 14.9 Å². The monoisotopic (exact) mass is 381 g/mol. The molecule has 1 heterocycles. The SMILES string of the molecule is O=C(CNCC1CC1)NCc1ccccc1CS(=O)(=O)N1CCOCC1. The van der Waals surface area contributed by atoms with Crippen molar-refractivity contribution in [3.63, 3.8) is 0 Å². The Labute approximate surface area is 155 Å². The van der Waals surface area contributed by atoms with Crippen LogP contribution in [0.25, 0.3) is 0 Å². The molecule has 1 aromatic rings. The predicted molar refractivity (Wildman–Crippen MR) is 98.9 cm³/mol. The Kier molecular flexibility index (Phi) is 6.63. The lowest BCUT2D eigenvalue weighted by molar-refractivity contribution is -0.120. The number of carbonyl (C=O) groups excluding carboxylic acids is 1. The summed E-state index contributed by atoms with van der Waals surface area (Å²) >= 11 is 0. The highest BCUT2D eigenvalue weighted by atomic mass is 32.2. The number of hydrogen-bond donors (Lipinski definition) is 2. The number of hydrogen-bond acceptors (Lipinski definition) is 5. The molecule has 1 aliphatic carbocycles. The third-order valence-corrected chi connectivity index (χ3v) is 6.54. The lowest BCUT2D eigenvalue weighted by atomic mass is 10.1. The maximum absolute atomic E-state index is 12.6. The molecular formula is C18H27N3O4S. The van der Waals surface area contributed by atoms with E-state index in [1.54, 1.807) is 0 Å². The molecule has 1 amide bonds. The summed E-state index contributed by atoms with van der Waals surface area (Å²) in [4.78, 5) is 11.9. The Balaban J connectivity index is 1.54. The van der Waals surface area contributed by atoms with Crippen molar-refractivity contribution in [2.24, 2.45) is 5.92 Å². The average Bonchev–Trinajstić information content (AvgIpc) is 3.46. The first-order valence-electron chi connectivity index (χ1n) is 9.14. The summed E-state index contributed by atoms with van der Waals surface area (Å²) in [5.41, 5.74) is 1.56. The van der Waals surface area contributed by atoms with Crippen LogP contribution in [-0.2, 0) is 31.9 Å². The molecule has 0 radical (unpaired) electrons. The molecule has 0 bridgehead atoms. The van der Waals surface area contributed by atoms with Crippen LogP contribution in [0.1, 0.15) is 24.0 Å². The highest BCUT2D eigenvalue weighted by molar-refractivity contribution is 7.88. The fraction of sp³-hybridized carbons (Fsp3) is 0.611. The number of amides is 1. The molecule has 0 atom stereocenters. The molecule has 1 aromatic carbocycles. The summed E-state index contributed by atoms with van der Waals surface area (Å²) in [6.45, 7) is 3.18. The van der Waals surface area contributed by atoms with Gasteiger partial charge in [0.1, 0.15) is 0 Å². The van der Waals surface area contributed by atoms with Crippen LogP contribution in [0.2, 0.25) is 0 Å². The summed E-state index contributed by atoms with van der Waals surface area (Å²) in [6, 6.07) is 7.36. The Hall–Kier alpha value is -1.48. The standard InChI is InChI=1S/C18H27N3O4S/c22-18(13-19-11-15-5-6-15)20-12-16-3-1-2-4-17(16)14-26(23,24)21-7-9-25-10-8-21/h1-4,15,19H,5-14H2,(H,20,22). The fourth-order valence-corrected chi connectivity index (χ4v) is 4.51. The molecule has 8 heteroatoms. The van der Waals surface area contributed by atoms with Crippen LogP contribution < -0.4 is 10.6 Å². The summed E-state index contributed by atoms with van der Waals surface area (Å²) < 4.78 is 32.0. The fourth-order valence-electron chi connectivity index (χ4n) is 2.95. The van der Waals surface area contributed by atoms with Crippen molar-refractivity contribution in [2.75, 3.05) is 39.4 Å². The number of sulfonamides is 1. The summed E-state index contributed by atoms with van der Waals surface area (Å²) in [7, 11) is -3.39. The van der Waals surface area contributed by atoms with Gasteiger partial charge in [0.25, 0.3) is 0 Å². The van der Waals surface area contributed by atoms with Crippen LogP contribution in [0.5, 0.6) is 0 Å². The molecule has 2 aliphatic rings. The van der Waals surface area contributed by atoms with E-state index in [-0.39, 0.29) is 11.7 Å². The van der Waals surface area contributed by atoms with E-state index in [1.165, 1.54) is 17.1 Å². The van der Waals surface area contributed by atoms with E-state index in [0.29, 0.717) is 39.4 Å². The van der Waals surface area contributed by atoms with Crippen LogP contribution in [-0.4, -0.2) is 58.0 Å². The molecule has 7 nitrogen and oxygen atoms in total. The predicted octanol–water partition coefficient (Wildman–Crippen LogP) is 0.464. The van der Waals surface area contributed by atoms with Crippen molar-refractivity contribution in [2.45, 2.75) is 25.1 Å². The minimum absolute atomic E-state index is 0.0566. The smallest absolute Gasteiger partial charge is 0.234 e. The normalized spacial score (nSPS) is 18.6. The second-order valence-electron chi connectivity index (χ2n) is 6.89. The molecule has 0 spiro atoms. The molecule has 2 N–H and O–H groups in total. The maximum Gasteiger partial charge on any atom is 0.234 e. The summed E-state index contributed by atoms with van der Waals surface area (Å²) in [6.07, 6.45) is 2.50. The molecule has 1 aliphatic heterocycles. The molecule has 3 rings (SSSR count). The molecule has 2 fully saturated rings. The Morgan fingerprint density at radius 2 is 1.85 bits per heavy atom. The van der Waals surface area contributed by atoms with E-state index in [4.69, 9.17) is 4.74 Å². The first-order chi connectivity index (χ1) is 12.5. The van der Waals surface area contributed by atoms with Gasteiger partial charge in [0.05, 0.1) is 25.5 Å². The van der Waals surface area contributed by atoms with Gasteiger partial charge in [-0.2, -0.15) is 4.31 Å². The molecule has 0 aromatic heterocycles. The number of ether oxygens (including phenoxy) is 1. The van der Waals surface area contributed by atoms with Gasteiger partial charge in [0.15, 0.2) is 0 Å². The number of rotatable bonds is 9. The third-order valence-electron chi connectivity index (χ3n) is 4.71. The average molecular weight is 381 g/mol. The highest BCUT2D eigenvalue weighted by Crippen LogP contribution is 2.27. The van der Waals surface area contributed by atoms with Gasteiger partial charge in [-0.15, -0.1) is 0 Å². The van der Waals surface area contributed by atoms with Crippen LogP contribution in [0.15, 0.2) is 24.3 Å². The number of nitrogens with zero attached hydrogens (tertiary/aromatic N) is 1. The van der Waals surface area contributed by atoms with E-state index >= 15 is 0 Å². The zero-order chi connectivity index (χ0) is 18.4. The van der Waals surface area contributed by atoms with Gasteiger partial charge >= 0.3 is 0 Å². The third kappa shape index (κ3) is 5.77. The zero-order valence-electron chi connectivity index (χ0n) is 14.9. The molecule has 26 heavy (non-hydrogen) atoms. The van der Waals surface area contributed by atoms with E-state index < -0.39 is 10.0 Å². The summed E-state index contributed by atoms with van der Waals surface area (Å²) in [5.74, 6) is 0.601. The van der Waals surface area contributed by atoms with E-state index in [2.05, 4.69) is 10.6 Å². The van der Waals surface area contributed by atoms with Gasteiger partial charge in [0.2, 0.25) is 15.9 Å². The van der Waals surface area contributed by atoms with Crippen molar-refractivity contribution >= 4 is 15.9 Å². The van der Waals surface area contributed by atoms with E-state index in [0.717, 1.165) is 23.6 Å². The minimum Gasteiger partial charge on any atom is -0.379 e. The number of carbonyl (C=O) groups is 1. The van der Waals surface area contributed by atoms with Gasteiger partial charge in [-0.05, 0) is 36.4 Å². The Morgan fingerprint density at radius 1 is 1.15 bits per heavy atom. The minimum atomic E-state index is -3.39. The zero-order valence-corrected chi connectivity index (χ0v) is 15.8. The van der Waals surface area contributed by atoms with Crippen LogP contribution in [0.4, 0.5) is 0 Å². The molecule has 1 saturated carbocycles. The topological polar surface area (TPSA) is 87.7 Å². The molecule has 1 saturated heterocycles. The van der Waals surface area contributed by atoms with Crippen LogP contribution in [0.3, 0.4) is 0 Å². The van der Waals surface area contributed by atoms with Crippen LogP contribution >= 0.6 is 0 Å². The first kappa shape index (κ1) is 19.3. The van der Waals surface area contributed by atoms with Crippen molar-refractivity contribution in [3.05, 3.63) is 35.4 Å². The summed E-state index contributed by atoms with van der Waals surface area (Å²) in [5, 5.41) is 6.02. The Bertz CT molecular complexity index is 713. The molecule has 144 valence electrons. The van der Waals surface area contributed by atoms with Gasteiger partial charge in [0, 0.05) is 19.6 Å². The van der Waals surface area contributed by atoms with Gasteiger partial charge < -0.3 is 15.4 Å². The van der Waals surface area contributed by atoms with Gasteiger partial charge in [-0.3, -0.25) is 4.79 Å². The quantitative estimate of drug-likeness (QED) is 0.649. The number of benzene rings is 1. The Morgan fingerprint density at radius 3 is 2.54 bits per heavy atom. The number of nitrogens with one attached hydrogen (secondary N) is 2. The molecule has 0 unspecified atom stereocenters. The highest BCUT2D eigenvalue weighted by Gasteiger charge is 2.25. The van der Waals surface area contributed by atoms with Crippen molar-refractivity contribution in [3.8, 4) is 0 Å². The maximum atomic E-state index is 12.6. The van der Waals surface area contributed by atoms with Crippen molar-refractivity contribution < 1.29 is 17.9 Å². The lowest BCUT2D eigenvalue weighted by Crippen LogP contribution is -2.41.